The van der Waals surface area contributed by atoms with Gasteiger partial charge in [0.2, 0.25) is 0 Å². The molecule has 2 aromatic carbocycles. The van der Waals surface area contributed by atoms with Crippen LogP contribution in [0.15, 0.2) is 54.7 Å². The van der Waals surface area contributed by atoms with Crippen LogP contribution in [0, 0.1) is 0 Å². The quantitative estimate of drug-likeness (QED) is 0.392. The number of nitrogens with two attached hydrogens (primary N) is 1. The zero-order valence-corrected chi connectivity index (χ0v) is 19.6. The lowest BCUT2D eigenvalue weighted by molar-refractivity contribution is 0.0928. The number of rotatable bonds is 7. The zero-order valence-electron chi connectivity index (χ0n) is 19.6. The molecular weight excluding hydrogens is 464 g/mol. The van der Waals surface area contributed by atoms with Crippen LogP contribution in [0.25, 0.3) is 11.3 Å². The van der Waals surface area contributed by atoms with Crippen molar-refractivity contribution in [3.05, 3.63) is 71.5 Å². The van der Waals surface area contributed by atoms with E-state index in [4.69, 9.17) is 15.6 Å². The standard InChI is InChI=1S/C25H26N6O5/c1-36-19-7-5-15(6-8-19)12-28-23(32)17-4-2-3-16(11-17)20-13-27-22(26)21(30-20)24(33)29-18-9-10-31(14-18)25(34)35/h2-8,11,13,18H,9-10,12,14H2,1H3,(H2,26,27)(H,28,32)(H,29,33)(H,34,35)/t18-/m0/s1. The first-order valence-electron chi connectivity index (χ1n) is 11.3. The number of nitrogens with one attached hydrogen (secondary N) is 2. The Hall–Kier alpha value is -4.67. The van der Waals surface area contributed by atoms with Crippen molar-refractivity contribution in [2.24, 2.45) is 0 Å². The summed E-state index contributed by atoms with van der Waals surface area (Å²) in [5, 5.41) is 14.7. The molecule has 0 saturated carbocycles. The van der Waals surface area contributed by atoms with Gasteiger partial charge < -0.3 is 31.1 Å². The van der Waals surface area contributed by atoms with Crippen molar-refractivity contribution >= 4 is 23.7 Å². The molecule has 11 nitrogen and oxygen atoms in total. The van der Waals surface area contributed by atoms with E-state index in [1.54, 1.807) is 31.4 Å². The molecule has 1 fully saturated rings. The highest BCUT2D eigenvalue weighted by Crippen LogP contribution is 2.21. The predicted octanol–water partition coefficient (Wildman–Crippen LogP) is 2.15. The fraction of sp³-hybridized carbons (Fsp3) is 0.240. The van der Waals surface area contributed by atoms with E-state index in [0.717, 1.165) is 11.3 Å². The highest BCUT2D eigenvalue weighted by Gasteiger charge is 2.28. The monoisotopic (exact) mass is 490 g/mol. The van der Waals surface area contributed by atoms with Crippen LogP contribution < -0.4 is 21.1 Å². The largest absolute Gasteiger partial charge is 0.497 e. The van der Waals surface area contributed by atoms with E-state index < -0.39 is 12.0 Å². The van der Waals surface area contributed by atoms with E-state index in [-0.39, 0.29) is 30.0 Å². The number of likely N-dealkylation sites (tertiary alicyclic amines) is 1. The molecule has 1 aliphatic heterocycles. The van der Waals surface area contributed by atoms with Gasteiger partial charge in [0.15, 0.2) is 11.5 Å². The predicted molar refractivity (Wildman–Crippen MR) is 132 cm³/mol. The number of amides is 3. The molecule has 0 unspecified atom stereocenters. The van der Waals surface area contributed by atoms with Crippen molar-refractivity contribution in [2.45, 2.75) is 19.0 Å². The molecule has 0 radical (unpaired) electrons. The van der Waals surface area contributed by atoms with Gasteiger partial charge >= 0.3 is 6.09 Å². The molecule has 1 atom stereocenters. The number of carboxylic acid groups (broad SMARTS) is 1. The third-order valence-electron chi connectivity index (χ3n) is 5.84. The van der Waals surface area contributed by atoms with Crippen molar-refractivity contribution in [3.63, 3.8) is 0 Å². The highest BCUT2D eigenvalue weighted by molar-refractivity contribution is 5.97. The van der Waals surface area contributed by atoms with Crippen molar-refractivity contribution < 1.29 is 24.2 Å². The number of aromatic nitrogens is 2. The number of ether oxygens (including phenoxy) is 1. The molecule has 11 heteroatoms. The van der Waals surface area contributed by atoms with Gasteiger partial charge in [-0.1, -0.05) is 24.3 Å². The summed E-state index contributed by atoms with van der Waals surface area (Å²) in [7, 11) is 1.59. The third-order valence-corrected chi connectivity index (χ3v) is 5.84. The molecule has 36 heavy (non-hydrogen) atoms. The Kier molecular flexibility index (Phi) is 7.28. The van der Waals surface area contributed by atoms with Crippen LogP contribution >= 0.6 is 0 Å². The lowest BCUT2D eigenvalue weighted by Crippen LogP contribution is -2.38. The summed E-state index contributed by atoms with van der Waals surface area (Å²) in [4.78, 5) is 46.3. The fourth-order valence-electron chi connectivity index (χ4n) is 3.86. The Balaban J connectivity index is 1.45. The summed E-state index contributed by atoms with van der Waals surface area (Å²) < 4.78 is 5.14. The van der Waals surface area contributed by atoms with E-state index in [0.29, 0.717) is 36.3 Å². The molecule has 2 heterocycles. The van der Waals surface area contributed by atoms with Gasteiger partial charge in [-0.3, -0.25) is 9.59 Å². The first-order chi connectivity index (χ1) is 17.3. The Morgan fingerprint density at radius 1 is 1.17 bits per heavy atom. The van der Waals surface area contributed by atoms with Crippen molar-refractivity contribution in [1.82, 2.24) is 25.5 Å². The van der Waals surface area contributed by atoms with Crippen LogP contribution in [-0.4, -0.2) is 64.1 Å². The molecule has 5 N–H and O–H groups in total. The van der Waals surface area contributed by atoms with E-state index in [2.05, 4.69) is 20.6 Å². The molecular formula is C25H26N6O5. The molecule has 1 aliphatic rings. The number of methoxy groups -OCH3 is 1. The number of nitrogens with zero attached hydrogens (tertiary/aromatic N) is 3. The number of benzene rings is 2. The van der Waals surface area contributed by atoms with Crippen molar-refractivity contribution in [2.75, 3.05) is 25.9 Å². The first-order valence-corrected chi connectivity index (χ1v) is 11.3. The molecule has 0 aliphatic carbocycles. The highest BCUT2D eigenvalue weighted by atomic mass is 16.5. The molecule has 4 rings (SSSR count). The van der Waals surface area contributed by atoms with Crippen LogP contribution in [0.3, 0.4) is 0 Å². The Morgan fingerprint density at radius 3 is 2.64 bits per heavy atom. The summed E-state index contributed by atoms with van der Waals surface area (Å²) in [5.74, 6) is -0.107. The summed E-state index contributed by atoms with van der Waals surface area (Å²) in [6, 6.07) is 13.9. The maximum Gasteiger partial charge on any atom is 0.407 e. The molecule has 0 bridgehead atoms. The van der Waals surface area contributed by atoms with Gasteiger partial charge in [0.25, 0.3) is 11.8 Å². The maximum atomic E-state index is 12.8. The topological polar surface area (TPSA) is 160 Å². The number of carbonyl (C=O) groups is 3. The minimum Gasteiger partial charge on any atom is -0.497 e. The summed E-state index contributed by atoms with van der Waals surface area (Å²) in [6.45, 7) is 0.885. The summed E-state index contributed by atoms with van der Waals surface area (Å²) >= 11 is 0. The van der Waals surface area contributed by atoms with Crippen LogP contribution in [0.5, 0.6) is 5.75 Å². The van der Waals surface area contributed by atoms with Crippen LogP contribution in [0.1, 0.15) is 32.8 Å². The van der Waals surface area contributed by atoms with Gasteiger partial charge in [-0.25, -0.2) is 14.8 Å². The first kappa shape index (κ1) is 24.5. The number of nitrogen functional groups attached to an aromatic ring is 1. The number of hydrogen-bond donors (Lipinski definition) is 4. The maximum absolute atomic E-state index is 12.8. The Bertz CT molecular complexity index is 1280. The number of carbonyl (C=O) groups excluding carboxylic acids is 2. The molecule has 3 amide bonds. The van der Waals surface area contributed by atoms with Gasteiger partial charge in [-0.2, -0.15) is 0 Å². The van der Waals surface area contributed by atoms with Gasteiger partial charge in [-0.05, 0) is 36.2 Å². The number of hydrogen-bond acceptors (Lipinski definition) is 7. The smallest absolute Gasteiger partial charge is 0.407 e. The van der Waals surface area contributed by atoms with E-state index in [1.165, 1.54) is 11.1 Å². The van der Waals surface area contributed by atoms with E-state index in [1.807, 2.05) is 24.3 Å². The summed E-state index contributed by atoms with van der Waals surface area (Å²) in [5.41, 5.74) is 8.15. The van der Waals surface area contributed by atoms with Gasteiger partial charge in [0.05, 0.1) is 19.0 Å². The van der Waals surface area contributed by atoms with Crippen LogP contribution in [0.2, 0.25) is 0 Å². The summed E-state index contributed by atoms with van der Waals surface area (Å²) in [6.07, 6.45) is 0.905. The molecule has 0 spiro atoms. The zero-order chi connectivity index (χ0) is 25.7. The van der Waals surface area contributed by atoms with E-state index >= 15 is 0 Å². The van der Waals surface area contributed by atoms with Crippen LogP contribution in [-0.2, 0) is 6.54 Å². The van der Waals surface area contributed by atoms with Gasteiger partial charge in [0.1, 0.15) is 5.75 Å². The lowest BCUT2D eigenvalue weighted by Gasteiger charge is -2.14. The second-order valence-electron chi connectivity index (χ2n) is 8.29. The average Bonchev–Trinajstić information content (AvgIpc) is 3.36. The Labute approximate surface area is 207 Å². The Morgan fingerprint density at radius 2 is 1.94 bits per heavy atom. The molecule has 1 saturated heterocycles. The lowest BCUT2D eigenvalue weighted by atomic mass is 10.1. The fourth-order valence-corrected chi connectivity index (χ4v) is 3.86. The second-order valence-corrected chi connectivity index (χ2v) is 8.29. The van der Waals surface area contributed by atoms with Crippen molar-refractivity contribution in [1.29, 1.82) is 0 Å². The SMILES string of the molecule is COc1ccc(CNC(=O)c2cccc(-c3cnc(N)c(C(=O)N[C@H]4CCN(C(=O)O)C4)n3)c2)cc1. The van der Waals surface area contributed by atoms with Gasteiger partial charge in [0, 0.05) is 36.8 Å². The van der Waals surface area contributed by atoms with Gasteiger partial charge in [-0.15, -0.1) is 0 Å². The number of anilines is 1. The minimum atomic E-state index is -1.03. The molecule has 186 valence electrons. The van der Waals surface area contributed by atoms with Crippen molar-refractivity contribution in [3.8, 4) is 17.0 Å². The van der Waals surface area contributed by atoms with Crippen LogP contribution in [0.4, 0.5) is 10.6 Å². The molecule has 3 aromatic rings. The van der Waals surface area contributed by atoms with E-state index in [9.17, 15) is 14.4 Å². The normalized spacial score (nSPS) is 14.8. The second kappa shape index (κ2) is 10.7. The average molecular weight is 491 g/mol. The third kappa shape index (κ3) is 5.69. The minimum absolute atomic E-state index is 0.0438. The molecule has 1 aromatic heterocycles.